The highest BCUT2D eigenvalue weighted by molar-refractivity contribution is 5.95. The monoisotopic (exact) mass is 456 g/mol. The number of hydrogen-bond donors (Lipinski definition) is 2. The molecule has 2 heterocycles. The molecule has 0 fully saturated rings. The number of nitrogens with zero attached hydrogens (tertiary/aromatic N) is 2. The molecule has 1 aliphatic heterocycles. The van der Waals surface area contributed by atoms with Crippen LogP contribution in [0.5, 0.6) is 11.5 Å². The SMILES string of the molecule is CN(C)CCCOc1cc(-c2cn[nH]c2)c(F)cc1NC(=O)[C@@H]1COc2ccc(F)cc2C1. The summed E-state index contributed by atoms with van der Waals surface area (Å²) in [5.41, 5.74) is 1.75. The van der Waals surface area contributed by atoms with Gasteiger partial charge in [-0.3, -0.25) is 9.89 Å². The van der Waals surface area contributed by atoms with Gasteiger partial charge in [-0.1, -0.05) is 0 Å². The number of carbonyl (C=O) groups excluding carboxylic acids is 1. The Bertz CT molecular complexity index is 1120. The number of nitrogens with one attached hydrogen (secondary N) is 2. The van der Waals surface area contributed by atoms with Crippen molar-refractivity contribution >= 4 is 11.6 Å². The minimum atomic E-state index is -0.544. The van der Waals surface area contributed by atoms with Gasteiger partial charge in [0.25, 0.3) is 0 Å². The molecule has 4 rings (SSSR count). The van der Waals surface area contributed by atoms with E-state index in [0.29, 0.717) is 41.2 Å². The topological polar surface area (TPSA) is 79.5 Å². The van der Waals surface area contributed by atoms with Crippen LogP contribution in [0.1, 0.15) is 12.0 Å². The van der Waals surface area contributed by atoms with Gasteiger partial charge < -0.3 is 19.7 Å². The van der Waals surface area contributed by atoms with Crippen molar-refractivity contribution in [2.75, 3.05) is 39.2 Å². The molecule has 3 aromatic rings. The Morgan fingerprint density at radius 3 is 2.91 bits per heavy atom. The van der Waals surface area contributed by atoms with E-state index in [4.69, 9.17) is 9.47 Å². The van der Waals surface area contributed by atoms with E-state index in [-0.39, 0.29) is 24.0 Å². The van der Waals surface area contributed by atoms with E-state index < -0.39 is 11.7 Å². The standard InChI is InChI=1S/C24H26F2N4O3/c1-30(2)6-3-7-32-23-10-19(17-12-27-28-13-17)20(26)11-21(23)29-24(31)16-8-15-9-18(25)4-5-22(15)33-14-16/h4-5,9-13,16H,3,6-8,14H2,1-2H3,(H,27,28)(H,29,31)/t16-/m0/s1. The maximum atomic E-state index is 14.9. The maximum Gasteiger partial charge on any atom is 0.231 e. The van der Waals surface area contributed by atoms with E-state index in [9.17, 15) is 13.6 Å². The zero-order valence-corrected chi connectivity index (χ0v) is 18.5. The number of fused-ring (bicyclic) bond motifs is 1. The quantitative estimate of drug-likeness (QED) is 0.503. The summed E-state index contributed by atoms with van der Waals surface area (Å²) in [7, 11) is 3.94. The van der Waals surface area contributed by atoms with Crippen molar-refractivity contribution in [3.05, 3.63) is 59.9 Å². The zero-order valence-electron chi connectivity index (χ0n) is 18.5. The van der Waals surface area contributed by atoms with Crippen LogP contribution in [0, 0.1) is 17.6 Å². The first-order valence-electron chi connectivity index (χ1n) is 10.7. The number of aromatic amines is 1. The fourth-order valence-corrected chi connectivity index (χ4v) is 3.72. The Morgan fingerprint density at radius 2 is 2.15 bits per heavy atom. The average Bonchev–Trinajstić information content (AvgIpc) is 3.31. The van der Waals surface area contributed by atoms with E-state index in [2.05, 4.69) is 15.5 Å². The summed E-state index contributed by atoms with van der Waals surface area (Å²) < 4.78 is 40.0. The number of ether oxygens (including phenoxy) is 2. The van der Waals surface area contributed by atoms with Gasteiger partial charge in [-0.15, -0.1) is 0 Å². The molecule has 1 aliphatic rings. The van der Waals surface area contributed by atoms with Gasteiger partial charge in [-0.05, 0) is 56.8 Å². The van der Waals surface area contributed by atoms with E-state index in [0.717, 1.165) is 13.0 Å². The van der Waals surface area contributed by atoms with Crippen molar-refractivity contribution < 1.29 is 23.0 Å². The molecule has 1 atom stereocenters. The van der Waals surface area contributed by atoms with E-state index >= 15 is 0 Å². The summed E-state index contributed by atoms with van der Waals surface area (Å²) in [5.74, 6) is -0.858. The van der Waals surface area contributed by atoms with Gasteiger partial charge in [0, 0.05) is 29.9 Å². The highest BCUT2D eigenvalue weighted by Gasteiger charge is 2.27. The average molecular weight is 456 g/mol. The fraction of sp³-hybridized carbons (Fsp3) is 0.333. The third-order valence-electron chi connectivity index (χ3n) is 5.44. The Kier molecular flexibility index (Phi) is 6.88. The van der Waals surface area contributed by atoms with Gasteiger partial charge in [0.1, 0.15) is 29.7 Å². The van der Waals surface area contributed by atoms with Crippen molar-refractivity contribution in [2.24, 2.45) is 5.92 Å². The molecule has 1 aromatic heterocycles. The van der Waals surface area contributed by atoms with Crippen LogP contribution in [0.3, 0.4) is 0 Å². The molecule has 9 heteroatoms. The van der Waals surface area contributed by atoms with Crippen molar-refractivity contribution in [3.63, 3.8) is 0 Å². The fourth-order valence-electron chi connectivity index (χ4n) is 3.72. The number of rotatable bonds is 8. The molecule has 7 nitrogen and oxygen atoms in total. The van der Waals surface area contributed by atoms with Crippen LogP contribution in [-0.4, -0.2) is 54.9 Å². The molecule has 2 aromatic carbocycles. The Balaban J connectivity index is 1.53. The molecule has 1 amide bonds. The number of carbonyl (C=O) groups is 1. The lowest BCUT2D eigenvalue weighted by atomic mass is 9.95. The van der Waals surface area contributed by atoms with Crippen molar-refractivity contribution in [2.45, 2.75) is 12.8 Å². The number of hydrogen-bond acceptors (Lipinski definition) is 5. The first-order chi connectivity index (χ1) is 15.9. The second-order valence-electron chi connectivity index (χ2n) is 8.27. The Morgan fingerprint density at radius 1 is 1.30 bits per heavy atom. The van der Waals surface area contributed by atoms with Crippen LogP contribution < -0.4 is 14.8 Å². The van der Waals surface area contributed by atoms with Gasteiger partial charge in [0.2, 0.25) is 5.91 Å². The minimum Gasteiger partial charge on any atom is -0.492 e. The second kappa shape index (κ2) is 9.99. The number of H-pyrrole nitrogens is 1. The molecular weight excluding hydrogens is 430 g/mol. The molecule has 174 valence electrons. The van der Waals surface area contributed by atoms with Gasteiger partial charge in [-0.25, -0.2) is 8.78 Å². The highest BCUT2D eigenvalue weighted by Crippen LogP contribution is 2.35. The van der Waals surface area contributed by atoms with E-state index in [1.54, 1.807) is 18.3 Å². The largest absolute Gasteiger partial charge is 0.492 e. The normalized spacial score (nSPS) is 15.1. The molecule has 0 radical (unpaired) electrons. The smallest absolute Gasteiger partial charge is 0.231 e. The molecule has 0 saturated carbocycles. The molecule has 2 N–H and O–H groups in total. The lowest BCUT2D eigenvalue weighted by molar-refractivity contribution is -0.121. The zero-order chi connectivity index (χ0) is 23.4. The first-order valence-corrected chi connectivity index (χ1v) is 10.7. The van der Waals surface area contributed by atoms with Crippen LogP contribution in [-0.2, 0) is 11.2 Å². The minimum absolute atomic E-state index is 0.152. The summed E-state index contributed by atoms with van der Waals surface area (Å²) >= 11 is 0. The first kappa shape index (κ1) is 22.7. The van der Waals surface area contributed by atoms with Crippen LogP contribution in [0.4, 0.5) is 14.5 Å². The van der Waals surface area contributed by atoms with Crippen LogP contribution >= 0.6 is 0 Å². The Hall–Kier alpha value is -3.46. The van der Waals surface area contributed by atoms with Crippen molar-refractivity contribution in [1.82, 2.24) is 15.1 Å². The summed E-state index contributed by atoms with van der Waals surface area (Å²) in [6.07, 6.45) is 4.19. The predicted octanol–water partition coefficient (Wildman–Crippen LogP) is 3.88. The lowest BCUT2D eigenvalue weighted by Gasteiger charge is -2.25. The second-order valence-corrected chi connectivity index (χ2v) is 8.27. The van der Waals surface area contributed by atoms with E-state index in [1.165, 1.54) is 24.4 Å². The lowest BCUT2D eigenvalue weighted by Crippen LogP contribution is -2.32. The molecule has 0 saturated heterocycles. The molecule has 0 unspecified atom stereocenters. The molecule has 0 spiro atoms. The van der Waals surface area contributed by atoms with E-state index in [1.807, 2.05) is 19.0 Å². The summed E-state index contributed by atoms with van der Waals surface area (Å²) in [4.78, 5) is 15.0. The van der Waals surface area contributed by atoms with Gasteiger partial charge >= 0.3 is 0 Å². The number of halogens is 2. The van der Waals surface area contributed by atoms with Gasteiger partial charge in [0.15, 0.2) is 0 Å². The van der Waals surface area contributed by atoms with Gasteiger partial charge in [-0.2, -0.15) is 5.10 Å². The highest BCUT2D eigenvalue weighted by atomic mass is 19.1. The number of benzene rings is 2. The third-order valence-corrected chi connectivity index (χ3v) is 5.44. The maximum absolute atomic E-state index is 14.9. The molecular formula is C24H26F2N4O3. The predicted molar refractivity (Wildman–Crippen MR) is 120 cm³/mol. The number of amides is 1. The van der Waals surface area contributed by atoms with Crippen LogP contribution in [0.2, 0.25) is 0 Å². The molecule has 33 heavy (non-hydrogen) atoms. The molecule has 0 bridgehead atoms. The third kappa shape index (κ3) is 5.48. The van der Waals surface area contributed by atoms with Crippen LogP contribution in [0.25, 0.3) is 11.1 Å². The number of anilines is 1. The Labute approximate surface area is 190 Å². The summed E-state index contributed by atoms with van der Waals surface area (Å²) in [6, 6.07) is 7.06. The number of aromatic nitrogens is 2. The van der Waals surface area contributed by atoms with Crippen molar-refractivity contribution in [3.8, 4) is 22.6 Å². The van der Waals surface area contributed by atoms with Gasteiger partial charge in [0.05, 0.1) is 24.4 Å². The van der Waals surface area contributed by atoms with Crippen LogP contribution in [0.15, 0.2) is 42.7 Å². The summed E-state index contributed by atoms with van der Waals surface area (Å²) in [5, 5.41) is 9.32. The van der Waals surface area contributed by atoms with Crippen molar-refractivity contribution in [1.29, 1.82) is 0 Å². The molecule has 0 aliphatic carbocycles. The summed E-state index contributed by atoms with van der Waals surface area (Å²) in [6.45, 7) is 1.38.